The highest BCUT2D eigenvalue weighted by atomic mass is 16.5. The molecule has 1 amide bonds. The highest BCUT2D eigenvalue weighted by Crippen LogP contribution is 2.22. The number of carbonyl (C=O) groups is 1. The van der Waals surface area contributed by atoms with E-state index in [0.717, 1.165) is 11.3 Å². The maximum Gasteiger partial charge on any atom is 0.271 e. The average molecular weight is 314 g/mol. The van der Waals surface area contributed by atoms with Crippen molar-refractivity contribution < 1.29 is 19.0 Å². The van der Waals surface area contributed by atoms with Crippen molar-refractivity contribution >= 4 is 12.1 Å². The molecule has 120 valence electrons. The Morgan fingerprint density at radius 2 is 1.61 bits per heavy atom. The zero-order valence-electron chi connectivity index (χ0n) is 13.2. The smallest absolute Gasteiger partial charge is 0.271 e. The van der Waals surface area contributed by atoms with Gasteiger partial charge in [-0.3, -0.25) is 4.79 Å². The van der Waals surface area contributed by atoms with Crippen LogP contribution in [0.4, 0.5) is 0 Å². The summed E-state index contributed by atoms with van der Waals surface area (Å²) in [5.74, 6) is 1.43. The van der Waals surface area contributed by atoms with Gasteiger partial charge in [-0.05, 0) is 29.8 Å². The number of carbonyl (C=O) groups excluding carboxylic acids is 1. The SMILES string of the molecule is COc1cccc(/C=N\NC(=O)c2cc(OC)cc(OC)c2)c1. The molecule has 23 heavy (non-hydrogen) atoms. The molecule has 1 N–H and O–H groups in total. The standard InChI is InChI=1S/C17H18N2O4/c1-21-14-6-4-5-12(7-14)11-18-19-17(20)13-8-15(22-2)10-16(9-13)23-3/h4-11H,1-3H3,(H,19,20)/b18-11-. The number of ether oxygens (including phenoxy) is 3. The lowest BCUT2D eigenvalue weighted by molar-refractivity contribution is 0.0954. The topological polar surface area (TPSA) is 69.2 Å². The molecule has 2 rings (SSSR count). The minimum atomic E-state index is -0.360. The fourth-order valence-corrected chi connectivity index (χ4v) is 1.89. The third-order valence-corrected chi connectivity index (χ3v) is 3.09. The van der Waals surface area contributed by atoms with E-state index in [2.05, 4.69) is 10.5 Å². The van der Waals surface area contributed by atoms with E-state index in [0.29, 0.717) is 17.1 Å². The summed E-state index contributed by atoms with van der Waals surface area (Å²) >= 11 is 0. The van der Waals surface area contributed by atoms with Gasteiger partial charge in [-0.25, -0.2) is 5.43 Å². The van der Waals surface area contributed by atoms with Gasteiger partial charge in [0.25, 0.3) is 5.91 Å². The molecule has 2 aromatic carbocycles. The molecular formula is C17H18N2O4. The number of nitrogens with zero attached hydrogens (tertiary/aromatic N) is 1. The van der Waals surface area contributed by atoms with Crippen molar-refractivity contribution in [1.82, 2.24) is 5.43 Å². The van der Waals surface area contributed by atoms with E-state index in [1.807, 2.05) is 24.3 Å². The average Bonchev–Trinajstić information content (AvgIpc) is 2.61. The third-order valence-electron chi connectivity index (χ3n) is 3.09. The van der Waals surface area contributed by atoms with E-state index >= 15 is 0 Å². The number of rotatable bonds is 6. The molecule has 0 aliphatic carbocycles. The van der Waals surface area contributed by atoms with Crippen molar-refractivity contribution in [2.24, 2.45) is 5.10 Å². The minimum Gasteiger partial charge on any atom is -0.497 e. The number of amides is 1. The van der Waals surface area contributed by atoms with Crippen LogP contribution in [0.1, 0.15) is 15.9 Å². The number of methoxy groups -OCH3 is 3. The number of hydrogen-bond acceptors (Lipinski definition) is 5. The molecule has 0 aliphatic rings. The van der Waals surface area contributed by atoms with Gasteiger partial charge < -0.3 is 14.2 Å². The fraction of sp³-hybridized carbons (Fsp3) is 0.176. The predicted molar refractivity (Wildman–Crippen MR) is 87.6 cm³/mol. The van der Waals surface area contributed by atoms with Crippen LogP contribution in [-0.4, -0.2) is 33.5 Å². The lowest BCUT2D eigenvalue weighted by atomic mass is 10.2. The minimum absolute atomic E-state index is 0.360. The van der Waals surface area contributed by atoms with E-state index in [1.165, 1.54) is 20.4 Å². The molecule has 0 radical (unpaired) electrons. The van der Waals surface area contributed by atoms with Gasteiger partial charge in [-0.15, -0.1) is 0 Å². The van der Waals surface area contributed by atoms with Crippen molar-refractivity contribution in [2.75, 3.05) is 21.3 Å². The summed E-state index contributed by atoms with van der Waals surface area (Å²) < 4.78 is 15.4. The van der Waals surface area contributed by atoms with Crippen LogP contribution in [0.2, 0.25) is 0 Å². The molecule has 0 fully saturated rings. The Balaban J connectivity index is 2.08. The summed E-state index contributed by atoms with van der Waals surface area (Å²) in [5.41, 5.74) is 3.67. The molecule has 0 spiro atoms. The van der Waals surface area contributed by atoms with E-state index in [-0.39, 0.29) is 5.91 Å². The van der Waals surface area contributed by atoms with E-state index in [1.54, 1.807) is 25.3 Å². The highest BCUT2D eigenvalue weighted by molar-refractivity contribution is 5.95. The molecule has 2 aromatic rings. The monoisotopic (exact) mass is 314 g/mol. The van der Waals surface area contributed by atoms with Gasteiger partial charge in [0.15, 0.2) is 0 Å². The normalized spacial score (nSPS) is 10.4. The second-order valence-corrected chi connectivity index (χ2v) is 4.58. The first-order valence-electron chi connectivity index (χ1n) is 6.87. The lowest BCUT2D eigenvalue weighted by Gasteiger charge is -2.07. The van der Waals surface area contributed by atoms with Crippen LogP contribution in [0, 0.1) is 0 Å². The van der Waals surface area contributed by atoms with Crippen LogP contribution in [0.15, 0.2) is 47.6 Å². The molecule has 0 saturated carbocycles. The van der Waals surface area contributed by atoms with Crippen LogP contribution in [0.5, 0.6) is 17.2 Å². The first-order chi connectivity index (χ1) is 11.2. The molecule has 0 bridgehead atoms. The Morgan fingerprint density at radius 3 is 2.22 bits per heavy atom. The predicted octanol–water partition coefficient (Wildman–Crippen LogP) is 2.48. The quantitative estimate of drug-likeness (QED) is 0.657. The highest BCUT2D eigenvalue weighted by Gasteiger charge is 2.09. The molecule has 0 aromatic heterocycles. The van der Waals surface area contributed by atoms with Crippen LogP contribution < -0.4 is 19.6 Å². The van der Waals surface area contributed by atoms with Gasteiger partial charge in [0.2, 0.25) is 0 Å². The summed E-state index contributed by atoms with van der Waals surface area (Å²) in [6.07, 6.45) is 1.54. The second kappa shape index (κ2) is 7.84. The van der Waals surface area contributed by atoms with Crippen LogP contribution in [0.3, 0.4) is 0 Å². The maximum atomic E-state index is 12.1. The molecule has 6 heteroatoms. The third kappa shape index (κ3) is 4.47. The number of hydrazone groups is 1. The molecule has 0 aliphatic heterocycles. The first-order valence-corrected chi connectivity index (χ1v) is 6.87. The second-order valence-electron chi connectivity index (χ2n) is 4.58. The summed E-state index contributed by atoms with van der Waals surface area (Å²) in [4.78, 5) is 12.1. The van der Waals surface area contributed by atoms with Crippen LogP contribution in [-0.2, 0) is 0 Å². The van der Waals surface area contributed by atoms with Crippen molar-refractivity contribution in [3.05, 3.63) is 53.6 Å². The summed E-state index contributed by atoms with van der Waals surface area (Å²) in [6.45, 7) is 0. The molecule has 0 saturated heterocycles. The summed E-state index contributed by atoms with van der Waals surface area (Å²) in [6, 6.07) is 12.2. The van der Waals surface area contributed by atoms with Crippen molar-refractivity contribution in [3.8, 4) is 17.2 Å². The van der Waals surface area contributed by atoms with E-state index < -0.39 is 0 Å². The maximum absolute atomic E-state index is 12.1. The largest absolute Gasteiger partial charge is 0.497 e. The summed E-state index contributed by atoms with van der Waals surface area (Å²) in [7, 11) is 4.64. The zero-order chi connectivity index (χ0) is 16.7. The van der Waals surface area contributed by atoms with Crippen LogP contribution in [0.25, 0.3) is 0 Å². The van der Waals surface area contributed by atoms with Gasteiger partial charge in [-0.1, -0.05) is 12.1 Å². The molecule has 0 atom stereocenters. The Bertz CT molecular complexity index is 691. The first kappa shape index (κ1) is 16.4. The molecule has 6 nitrogen and oxygen atoms in total. The van der Waals surface area contributed by atoms with Gasteiger partial charge in [0, 0.05) is 11.6 Å². The number of hydrogen-bond donors (Lipinski definition) is 1. The number of benzene rings is 2. The van der Waals surface area contributed by atoms with E-state index in [9.17, 15) is 4.79 Å². The molecule has 0 unspecified atom stereocenters. The van der Waals surface area contributed by atoms with Gasteiger partial charge in [0.05, 0.1) is 27.5 Å². The zero-order valence-corrected chi connectivity index (χ0v) is 13.2. The van der Waals surface area contributed by atoms with Crippen molar-refractivity contribution in [2.45, 2.75) is 0 Å². The van der Waals surface area contributed by atoms with Gasteiger partial charge in [0.1, 0.15) is 17.2 Å². The Kier molecular flexibility index (Phi) is 5.57. The lowest BCUT2D eigenvalue weighted by Crippen LogP contribution is -2.17. The van der Waals surface area contributed by atoms with Gasteiger partial charge >= 0.3 is 0 Å². The Hall–Kier alpha value is -3.02. The van der Waals surface area contributed by atoms with Crippen molar-refractivity contribution in [3.63, 3.8) is 0 Å². The molecular weight excluding hydrogens is 296 g/mol. The number of nitrogens with one attached hydrogen (secondary N) is 1. The summed E-state index contributed by atoms with van der Waals surface area (Å²) in [5, 5.41) is 3.94. The van der Waals surface area contributed by atoms with Gasteiger partial charge in [-0.2, -0.15) is 5.10 Å². The van der Waals surface area contributed by atoms with Crippen molar-refractivity contribution in [1.29, 1.82) is 0 Å². The van der Waals surface area contributed by atoms with Crippen LogP contribution >= 0.6 is 0 Å². The Morgan fingerprint density at radius 1 is 0.957 bits per heavy atom. The molecule has 0 heterocycles. The van der Waals surface area contributed by atoms with E-state index in [4.69, 9.17) is 14.2 Å². The Labute approximate surface area is 134 Å². The fourth-order valence-electron chi connectivity index (χ4n) is 1.89.